The highest BCUT2D eigenvalue weighted by Crippen LogP contribution is 2.16. The van der Waals surface area contributed by atoms with Gasteiger partial charge in [0.25, 0.3) is 5.91 Å². The molecule has 2 rings (SSSR count). The van der Waals surface area contributed by atoms with Gasteiger partial charge in [0.15, 0.2) is 0 Å². The summed E-state index contributed by atoms with van der Waals surface area (Å²) in [5.41, 5.74) is 2.40. The first-order valence-corrected chi connectivity index (χ1v) is 8.37. The van der Waals surface area contributed by atoms with E-state index in [1.165, 1.54) is 11.0 Å². The van der Waals surface area contributed by atoms with Crippen molar-refractivity contribution in [2.75, 3.05) is 32.1 Å². The fraction of sp³-hybridized carbons (Fsp3) is 0.238. The molecule has 0 aliphatic rings. The normalized spacial score (nSPS) is 10.1. The Morgan fingerprint density at radius 2 is 1.81 bits per heavy atom. The molecule has 5 nitrogen and oxygen atoms in total. The molecule has 0 bridgehead atoms. The maximum atomic E-state index is 12.5. The van der Waals surface area contributed by atoms with Crippen LogP contribution in [0.1, 0.15) is 15.9 Å². The van der Waals surface area contributed by atoms with E-state index in [9.17, 15) is 9.59 Å². The Hall–Kier alpha value is -3.08. The van der Waals surface area contributed by atoms with Gasteiger partial charge in [0, 0.05) is 25.3 Å². The molecule has 0 heterocycles. The van der Waals surface area contributed by atoms with E-state index >= 15 is 0 Å². The van der Waals surface area contributed by atoms with Crippen molar-refractivity contribution in [2.24, 2.45) is 0 Å². The van der Waals surface area contributed by atoms with Gasteiger partial charge in [-0.05, 0) is 55.0 Å². The van der Waals surface area contributed by atoms with Crippen LogP contribution in [-0.2, 0) is 4.79 Å². The molecule has 0 spiro atoms. The van der Waals surface area contributed by atoms with Crippen LogP contribution in [0.5, 0.6) is 5.75 Å². The summed E-state index contributed by atoms with van der Waals surface area (Å²) >= 11 is 0. The summed E-state index contributed by atoms with van der Waals surface area (Å²) in [6.07, 6.45) is 1.25. The molecule has 0 aliphatic heterocycles. The third-order valence-corrected chi connectivity index (χ3v) is 4.04. The average molecular weight is 352 g/mol. The highest BCUT2D eigenvalue weighted by Gasteiger charge is 2.13. The molecule has 0 atom stereocenters. The molecule has 0 aromatic heterocycles. The van der Waals surface area contributed by atoms with Gasteiger partial charge in [-0.2, -0.15) is 0 Å². The SMILES string of the molecule is C=CC(=O)N(C)c1ccc(C(=O)N(C)CCOc2cccc(C)c2)cc1. The Kier molecular flexibility index (Phi) is 6.55. The van der Waals surface area contributed by atoms with Gasteiger partial charge in [0.05, 0.1) is 6.54 Å². The Balaban J connectivity index is 1.91. The highest BCUT2D eigenvalue weighted by atomic mass is 16.5. The number of anilines is 1. The second kappa shape index (κ2) is 8.85. The number of hydrogen-bond acceptors (Lipinski definition) is 3. The number of benzene rings is 2. The standard InChI is InChI=1S/C21H24N2O3/c1-5-20(24)23(4)18-11-9-17(10-12-18)21(25)22(3)13-14-26-19-8-6-7-16(2)15-19/h5-12,15H,1,13-14H2,2-4H3. The summed E-state index contributed by atoms with van der Waals surface area (Å²) in [6, 6.07) is 14.7. The van der Waals surface area contributed by atoms with E-state index in [0.717, 1.165) is 11.3 Å². The number of hydrogen-bond donors (Lipinski definition) is 0. The molecular weight excluding hydrogens is 328 g/mol. The van der Waals surface area contributed by atoms with Crippen molar-refractivity contribution in [1.82, 2.24) is 4.90 Å². The molecule has 2 aromatic rings. The molecule has 0 fully saturated rings. The van der Waals surface area contributed by atoms with Gasteiger partial charge in [-0.25, -0.2) is 0 Å². The number of aryl methyl sites for hydroxylation is 1. The molecular formula is C21H24N2O3. The molecule has 0 saturated carbocycles. The van der Waals surface area contributed by atoms with Gasteiger partial charge in [-0.1, -0.05) is 18.7 Å². The quantitative estimate of drug-likeness (QED) is 0.719. The lowest BCUT2D eigenvalue weighted by Gasteiger charge is -2.19. The van der Waals surface area contributed by atoms with Crippen LogP contribution in [0.2, 0.25) is 0 Å². The zero-order valence-corrected chi connectivity index (χ0v) is 15.4. The lowest BCUT2D eigenvalue weighted by Crippen LogP contribution is -2.31. The number of rotatable bonds is 7. The minimum absolute atomic E-state index is 0.0953. The van der Waals surface area contributed by atoms with Crippen molar-refractivity contribution in [1.29, 1.82) is 0 Å². The summed E-state index contributed by atoms with van der Waals surface area (Å²) in [6.45, 7) is 6.37. The second-order valence-electron chi connectivity index (χ2n) is 6.04. The second-order valence-corrected chi connectivity index (χ2v) is 6.04. The van der Waals surface area contributed by atoms with Gasteiger partial charge in [0.1, 0.15) is 12.4 Å². The van der Waals surface area contributed by atoms with Gasteiger partial charge >= 0.3 is 0 Å². The Morgan fingerprint density at radius 3 is 2.42 bits per heavy atom. The molecule has 0 radical (unpaired) electrons. The van der Waals surface area contributed by atoms with E-state index in [1.807, 2.05) is 31.2 Å². The first kappa shape index (κ1) is 19.2. The number of carbonyl (C=O) groups is 2. The number of nitrogens with zero attached hydrogens (tertiary/aromatic N) is 2. The van der Waals surface area contributed by atoms with Gasteiger partial charge in [0.2, 0.25) is 5.91 Å². The van der Waals surface area contributed by atoms with E-state index in [0.29, 0.717) is 24.4 Å². The third-order valence-electron chi connectivity index (χ3n) is 4.04. The van der Waals surface area contributed by atoms with E-state index < -0.39 is 0 Å². The Morgan fingerprint density at radius 1 is 1.12 bits per heavy atom. The first-order valence-electron chi connectivity index (χ1n) is 8.37. The largest absolute Gasteiger partial charge is 0.492 e. The minimum atomic E-state index is -0.200. The molecule has 26 heavy (non-hydrogen) atoms. The van der Waals surface area contributed by atoms with Crippen LogP contribution in [0.15, 0.2) is 61.2 Å². The van der Waals surface area contributed by atoms with Crippen LogP contribution in [0.3, 0.4) is 0 Å². The highest BCUT2D eigenvalue weighted by molar-refractivity contribution is 6.01. The summed E-state index contributed by atoms with van der Waals surface area (Å²) in [5, 5.41) is 0. The molecule has 136 valence electrons. The van der Waals surface area contributed by atoms with Crippen molar-refractivity contribution in [3.05, 3.63) is 72.3 Å². The third kappa shape index (κ3) is 4.96. The molecule has 0 aliphatic carbocycles. The number of likely N-dealkylation sites (N-methyl/N-ethyl adjacent to an activating group) is 2. The molecule has 2 aromatic carbocycles. The molecule has 0 saturated heterocycles. The summed E-state index contributed by atoms with van der Waals surface area (Å²) < 4.78 is 5.69. The fourth-order valence-corrected chi connectivity index (χ4v) is 2.42. The van der Waals surface area contributed by atoms with Crippen LogP contribution in [-0.4, -0.2) is 44.0 Å². The van der Waals surface area contributed by atoms with E-state index in [1.54, 1.807) is 43.3 Å². The number of carbonyl (C=O) groups excluding carboxylic acids is 2. The maximum absolute atomic E-state index is 12.5. The Bertz CT molecular complexity index is 784. The van der Waals surface area contributed by atoms with Gasteiger partial charge in [-0.15, -0.1) is 0 Å². The van der Waals surface area contributed by atoms with Crippen molar-refractivity contribution in [3.8, 4) is 5.75 Å². The van der Waals surface area contributed by atoms with Crippen LogP contribution in [0.25, 0.3) is 0 Å². The average Bonchev–Trinajstić information content (AvgIpc) is 2.66. The first-order chi connectivity index (χ1) is 12.4. The van der Waals surface area contributed by atoms with E-state index in [-0.39, 0.29) is 11.8 Å². The summed E-state index contributed by atoms with van der Waals surface area (Å²) in [5.74, 6) is 0.502. The van der Waals surface area contributed by atoms with E-state index in [4.69, 9.17) is 4.74 Å². The molecule has 0 N–H and O–H groups in total. The van der Waals surface area contributed by atoms with Crippen molar-refractivity contribution in [2.45, 2.75) is 6.92 Å². The van der Waals surface area contributed by atoms with Gasteiger partial charge in [-0.3, -0.25) is 9.59 Å². The van der Waals surface area contributed by atoms with Crippen molar-refractivity contribution in [3.63, 3.8) is 0 Å². The maximum Gasteiger partial charge on any atom is 0.253 e. The van der Waals surface area contributed by atoms with Crippen molar-refractivity contribution < 1.29 is 14.3 Å². The fourth-order valence-electron chi connectivity index (χ4n) is 2.42. The van der Waals surface area contributed by atoms with Crippen LogP contribution >= 0.6 is 0 Å². The predicted molar refractivity (Wildman–Crippen MR) is 104 cm³/mol. The predicted octanol–water partition coefficient (Wildman–Crippen LogP) is 3.29. The summed E-state index contributed by atoms with van der Waals surface area (Å²) in [7, 11) is 3.40. The lowest BCUT2D eigenvalue weighted by atomic mass is 10.1. The van der Waals surface area contributed by atoms with Crippen LogP contribution in [0.4, 0.5) is 5.69 Å². The van der Waals surface area contributed by atoms with Gasteiger partial charge < -0.3 is 14.5 Å². The van der Waals surface area contributed by atoms with Crippen LogP contribution in [0, 0.1) is 6.92 Å². The molecule has 0 unspecified atom stereocenters. The zero-order chi connectivity index (χ0) is 19.1. The monoisotopic (exact) mass is 352 g/mol. The Labute approximate surface area is 154 Å². The smallest absolute Gasteiger partial charge is 0.253 e. The summed E-state index contributed by atoms with van der Waals surface area (Å²) in [4.78, 5) is 27.2. The number of amides is 2. The topological polar surface area (TPSA) is 49.9 Å². The van der Waals surface area contributed by atoms with E-state index in [2.05, 4.69) is 6.58 Å². The molecule has 5 heteroatoms. The zero-order valence-electron chi connectivity index (χ0n) is 15.4. The molecule has 2 amide bonds. The lowest BCUT2D eigenvalue weighted by molar-refractivity contribution is -0.113. The van der Waals surface area contributed by atoms with Crippen LogP contribution < -0.4 is 9.64 Å². The number of ether oxygens (including phenoxy) is 1. The van der Waals surface area contributed by atoms with Crippen molar-refractivity contribution >= 4 is 17.5 Å². The minimum Gasteiger partial charge on any atom is -0.492 e.